The molecule has 70 valence electrons. The fourth-order valence-electron chi connectivity index (χ4n) is 1.46. The average molecular weight is 196 g/mol. The minimum atomic E-state index is -0.0945. The van der Waals surface area contributed by atoms with E-state index in [0.717, 1.165) is 10.7 Å². The maximum Gasteiger partial charge on any atom is 0.194 e. The van der Waals surface area contributed by atoms with Crippen LogP contribution >= 0.6 is 11.3 Å². The van der Waals surface area contributed by atoms with Gasteiger partial charge in [0.15, 0.2) is 4.96 Å². The molecule has 2 aromatic rings. The van der Waals surface area contributed by atoms with Crippen molar-refractivity contribution < 1.29 is 0 Å². The van der Waals surface area contributed by atoms with E-state index in [1.807, 2.05) is 17.5 Å². The van der Waals surface area contributed by atoms with Crippen molar-refractivity contribution >= 4 is 16.3 Å². The lowest BCUT2D eigenvalue weighted by atomic mass is 10.2. The van der Waals surface area contributed by atoms with E-state index in [1.165, 1.54) is 4.88 Å². The van der Waals surface area contributed by atoms with Crippen LogP contribution in [0.3, 0.4) is 0 Å². The van der Waals surface area contributed by atoms with Gasteiger partial charge in [0.25, 0.3) is 0 Å². The molecule has 0 fully saturated rings. The van der Waals surface area contributed by atoms with Gasteiger partial charge in [-0.3, -0.25) is 4.40 Å². The molecule has 4 N–H and O–H groups in total. The molecular weight excluding hydrogens is 184 g/mol. The summed E-state index contributed by atoms with van der Waals surface area (Å²) in [5.41, 5.74) is 12.5. The van der Waals surface area contributed by atoms with Crippen LogP contribution in [-0.2, 0) is 0 Å². The van der Waals surface area contributed by atoms with Crippen LogP contribution in [0.1, 0.15) is 16.6 Å². The lowest BCUT2D eigenvalue weighted by Crippen LogP contribution is -2.22. The third-order valence-corrected chi connectivity index (χ3v) is 3.08. The first-order chi connectivity index (χ1) is 6.24. The van der Waals surface area contributed by atoms with Gasteiger partial charge in [0.2, 0.25) is 0 Å². The summed E-state index contributed by atoms with van der Waals surface area (Å²) >= 11 is 1.65. The first-order valence-corrected chi connectivity index (χ1v) is 4.93. The highest BCUT2D eigenvalue weighted by Crippen LogP contribution is 2.24. The van der Waals surface area contributed by atoms with Gasteiger partial charge < -0.3 is 11.5 Å². The molecular formula is C8H12N4S. The Kier molecular flexibility index (Phi) is 2.07. The van der Waals surface area contributed by atoms with Gasteiger partial charge in [0.05, 0.1) is 11.7 Å². The van der Waals surface area contributed by atoms with Gasteiger partial charge in [-0.05, 0) is 6.92 Å². The fraction of sp³-hybridized carbons (Fsp3) is 0.375. The summed E-state index contributed by atoms with van der Waals surface area (Å²) in [5.74, 6) is 0. The molecule has 0 amide bonds. The number of rotatable bonds is 2. The highest BCUT2D eigenvalue weighted by molar-refractivity contribution is 7.17. The van der Waals surface area contributed by atoms with E-state index in [-0.39, 0.29) is 6.04 Å². The number of nitrogens with zero attached hydrogens (tertiary/aromatic N) is 2. The van der Waals surface area contributed by atoms with Gasteiger partial charge in [0.1, 0.15) is 0 Å². The standard InChI is InChI=1S/C8H12N4S/c1-5-7(6(10)4-9)12-3-2-11-8(12)13-5/h2-3,6H,4,9-10H2,1H3. The van der Waals surface area contributed by atoms with Crippen molar-refractivity contribution in [1.82, 2.24) is 9.38 Å². The minimum absolute atomic E-state index is 0.0945. The molecule has 2 rings (SSSR count). The number of fused-ring (bicyclic) bond motifs is 1. The molecule has 5 heteroatoms. The topological polar surface area (TPSA) is 69.3 Å². The summed E-state index contributed by atoms with van der Waals surface area (Å²) in [6, 6.07) is -0.0945. The van der Waals surface area contributed by atoms with Gasteiger partial charge in [-0.1, -0.05) is 0 Å². The van der Waals surface area contributed by atoms with Crippen molar-refractivity contribution in [3.63, 3.8) is 0 Å². The van der Waals surface area contributed by atoms with Crippen LogP contribution in [0.25, 0.3) is 4.96 Å². The predicted molar refractivity (Wildman–Crippen MR) is 53.8 cm³/mol. The third kappa shape index (κ3) is 1.25. The summed E-state index contributed by atoms with van der Waals surface area (Å²) in [5, 5.41) is 0. The Hall–Kier alpha value is -0.910. The number of hydrogen-bond donors (Lipinski definition) is 2. The molecule has 4 nitrogen and oxygen atoms in total. The largest absolute Gasteiger partial charge is 0.329 e. The molecule has 0 spiro atoms. The van der Waals surface area contributed by atoms with Crippen LogP contribution < -0.4 is 11.5 Å². The summed E-state index contributed by atoms with van der Waals surface area (Å²) < 4.78 is 2.01. The molecule has 2 aromatic heterocycles. The SMILES string of the molecule is Cc1sc2nccn2c1C(N)CN. The molecule has 1 unspecified atom stereocenters. The number of hydrogen-bond acceptors (Lipinski definition) is 4. The molecule has 1 atom stereocenters. The Morgan fingerprint density at radius 3 is 3.15 bits per heavy atom. The van der Waals surface area contributed by atoms with Gasteiger partial charge in [-0.2, -0.15) is 0 Å². The van der Waals surface area contributed by atoms with E-state index in [1.54, 1.807) is 17.5 Å². The zero-order valence-corrected chi connectivity index (χ0v) is 8.21. The Morgan fingerprint density at radius 2 is 2.46 bits per heavy atom. The Labute approximate surface area is 80.2 Å². The molecule has 0 saturated carbocycles. The maximum atomic E-state index is 5.90. The van der Waals surface area contributed by atoms with Crippen molar-refractivity contribution in [2.75, 3.05) is 6.54 Å². The van der Waals surface area contributed by atoms with E-state index < -0.39 is 0 Å². The van der Waals surface area contributed by atoms with Gasteiger partial charge >= 0.3 is 0 Å². The van der Waals surface area contributed by atoms with Gasteiger partial charge in [-0.15, -0.1) is 11.3 Å². The Morgan fingerprint density at radius 1 is 1.69 bits per heavy atom. The fourth-order valence-corrected chi connectivity index (χ4v) is 2.46. The summed E-state index contributed by atoms with van der Waals surface area (Å²) in [4.78, 5) is 6.38. The van der Waals surface area contributed by atoms with Crippen molar-refractivity contribution in [3.8, 4) is 0 Å². The lowest BCUT2D eigenvalue weighted by molar-refractivity contribution is 0.700. The van der Waals surface area contributed by atoms with E-state index in [0.29, 0.717) is 6.54 Å². The molecule has 13 heavy (non-hydrogen) atoms. The van der Waals surface area contributed by atoms with Crippen molar-refractivity contribution in [2.24, 2.45) is 11.5 Å². The molecule has 0 aliphatic carbocycles. The normalized spacial score (nSPS) is 13.8. The van der Waals surface area contributed by atoms with E-state index in [4.69, 9.17) is 11.5 Å². The second kappa shape index (κ2) is 3.10. The van der Waals surface area contributed by atoms with Gasteiger partial charge in [0, 0.05) is 23.8 Å². The molecule has 0 aliphatic heterocycles. The average Bonchev–Trinajstić information content (AvgIpc) is 2.62. The molecule has 0 bridgehead atoms. The first kappa shape index (κ1) is 8.68. The van der Waals surface area contributed by atoms with Crippen molar-refractivity contribution in [3.05, 3.63) is 23.0 Å². The van der Waals surface area contributed by atoms with Crippen LogP contribution in [0.2, 0.25) is 0 Å². The summed E-state index contributed by atoms with van der Waals surface area (Å²) in [6.45, 7) is 2.51. The monoisotopic (exact) mass is 196 g/mol. The smallest absolute Gasteiger partial charge is 0.194 e. The quantitative estimate of drug-likeness (QED) is 0.741. The first-order valence-electron chi connectivity index (χ1n) is 4.12. The molecule has 0 aliphatic rings. The van der Waals surface area contributed by atoms with Crippen LogP contribution in [-0.4, -0.2) is 15.9 Å². The highest BCUT2D eigenvalue weighted by Gasteiger charge is 2.14. The zero-order valence-electron chi connectivity index (χ0n) is 7.40. The summed E-state index contributed by atoms with van der Waals surface area (Å²) in [6.07, 6.45) is 3.70. The molecule has 0 saturated heterocycles. The van der Waals surface area contributed by atoms with E-state index >= 15 is 0 Å². The Balaban J connectivity index is 2.63. The number of nitrogens with two attached hydrogens (primary N) is 2. The second-order valence-corrected chi connectivity index (χ2v) is 4.15. The molecule has 0 radical (unpaired) electrons. The van der Waals surface area contributed by atoms with Crippen LogP contribution in [0.4, 0.5) is 0 Å². The molecule has 0 aromatic carbocycles. The number of imidazole rings is 1. The van der Waals surface area contributed by atoms with E-state index in [9.17, 15) is 0 Å². The maximum absolute atomic E-state index is 5.90. The zero-order chi connectivity index (χ0) is 9.42. The van der Waals surface area contributed by atoms with Crippen LogP contribution in [0.15, 0.2) is 12.4 Å². The lowest BCUT2D eigenvalue weighted by Gasteiger charge is -2.08. The van der Waals surface area contributed by atoms with Gasteiger partial charge in [-0.25, -0.2) is 4.98 Å². The predicted octanol–water partition coefficient (Wildman–Crippen LogP) is 0.663. The van der Waals surface area contributed by atoms with Crippen molar-refractivity contribution in [1.29, 1.82) is 0 Å². The summed E-state index contributed by atoms with van der Waals surface area (Å²) in [7, 11) is 0. The van der Waals surface area contributed by atoms with E-state index in [2.05, 4.69) is 4.98 Å². The second-order valence-electron chi connectivity index (χ2n) is 2.97. The number of aryl methyl sites for hydroxylation is 1. The number of aromatic nitrogens is 2. The van der Waals surface area contributed by atoms with Crippen LogP contribution in [0, 0.1) is 6.92 Å². The molecule has 2 heterocycles. The van der Waals surface area contributed by atoms with Crippen molar-refractivity contribution in [2.45, 2.75) is 13.0 Å². The third-order valence-electron chi connectivity index (χ3n) is 2.08. The minimum Gasteiger partial charge on any atom is -0.329 e. The Bertz CT molecular complexity index is 417. The number of thiazole rings is 1. The van der Waals surface area contributed by atoms with Crippen LogP contribution in [0.5, 0.6) is 0 Å². The highest BCUT2D eigenvalue weighted by atomic mass is 32.1.